The maximum absolute atomic E-state index is 11.0. The lowest BCUT2D eigenvalue weighted by atomic mass is 9.89. The van der Waals surface area contributed by atoms with Crippen LogP contribution < -0.4 is 0 Å². The van der Waals surface area contributed by atoms with Crippen molar-refractivity contribution in [3.05, 3.63) is 0 Å². The molecule has 0 aromatic heterocycles. The zero-order valence-corrected chi connectivity index (χ0v) is 7.97. The van der Waals surface area contributed by atoms with E-state index < -0.39 is 0 Å². The van der Waals surface area contributed by atoms with Gasteiger partial charge in [-0.15, -0.1) is 0 Å². The van der Waals surface area contributed by atoms with Gasteiger partial charge in [-0.25, -0.2) is 4.99 Å². The van der Waals surface area contributed by atoms with E-state index in [2.05, 4.69) is 11.9 Å². The first-order valence-corrected chi connectivity index (χ1v) is 4.81. The first-order valence-electron chi connectivity index (χ1n) is 4.81. The molecule has 1 aliphatic carbocycles. The molecular weight excluding hydrogens is 150 g/mol. The molecule has 1 rings (SSSR count). The summed E-state index contributed by atoms with van der Waals surface area (Å²) >= 11 is 0. The van der Waals surface area contributed by atoms with E-state index in [1.54, 1.807) is 0 Å². The van der Waals surface area contributed by atoms with E-state index in [0.717, 1.165) is 24.5 Å². The Morgan fingerprint density at radius 2 is 2.42 bits per heavy atom. The van der Waals surface area contributed by atoms with Crippen LogP contribution in [0.3, 0.4) is 0 Å². The molecule has 1 fully saturated rings. The van der Waals surface area contributed by atoms with Crippen LogP contribution in [0.1, 0.15) is 46.0 Å². The molecule has 1 amide bonds. The van der Waals surface area contributed by atoms with Gasteiger partial charge in [0.1, 0.15) is 0 Å². The molecule has 0 bridgehead atoms. The van der Waals surface area contributed by atoms with Crippen LogP contribution in [-0.4, -0.2) is 11.6 Å². The quantitative estimate of drug-likeness (QED) is 0.590. The summed E-state index contributed by atoms with van der Waals surface area (Å²) in [6.45, 7) is 4.09. The van der Waals surface area contributed by atoms with Crippen molar-refractivity contribution in [1.82, 2.24) is 0 Å². The number of rotatable bonds is 1. The maximum Gasteiger partial charge on any atom is 0.245 e. The highest BCUT2D eigenvalue weighted by Gasteiger charge is 2.14. The highest BCUT2D eigenvalue weighted by atomic mass is 16.1. The minimum absolute atomic E-state index is 0.0408. The Morgan fingerprint density at radius 1 is 1.67 bits per heavy atom. The van der Waals surface area contributed by atoms with Crippen molar-refractivity contribution in [2.75, 3.05) is 0 Å². The monoisotopic (exact) mass is 167 g/mol. The highest BCUT2D eigenvalue weighted by Crippen LogP contribution is 2.21. The molecule has 0 radical (unpaired) electrons. The van der Waals surface area contributed by atoms with Crippen LogP contribution in [0.25, 0.3) is 0 Å². The van der Waals surface area contributed by atoms with Crippen molar-refractivity contribution < 1.29 is 4.79 Å². The number of hydrogen-bond donors (Lipinski definition) is 0. The second-order valence-corrected chi connectivity index (χ2v) is 3.63. The van der Waals surface area contributed by atoms with Gasteiger partial charge in [0, 0.05) is 12.1 Å². The van der Waals surface area contributed by atoms with Crippen LogP contribution in [0.2, 0.25) is 0 Å². The average molecular weight is 167 g/mol. The SMILES string of the molecule is CCC(=O)N=C1CCCC(C)C1. The minimum atomic E-state index is 0.0408. The molecule has 0 aromatic carbocycles. The Hall–Kier alpha value is -0.660. The van der Waals surface area contributed by atoms with Gasteiger partial charge < -0.3 is 0 Å². The van der Waals surface area contributed by atoms with Gasteiger partial charge in [0.15, 0.2) is 0 Å². The normalized spacial score (nSPS) is 27.5. The van der Waals surface area contributed by atoms with Crippen LogP contribution in [0.15, 0.2) is 4.99 Å². The van der Waals surface area contributed by atoms with Crippen LogP contribution >= 0.6 is 0 Å². The van der Waals surface area contributed by atoms with Gasteiger partial charge in [-0.2, -0.15) is 0 Å². The van der Waals surface area contributed by atoms with Crippen molar-refractivity contribution >= 4 is 11.6 Å². The molecule has 2 heteroatoms. The zero-order chi connectivity index (χ0) is 8.97. The fraction of sp³-hybridized carbons (Fsp3) is 0.800. The van der Waals surface area contributed by atoms with Gasteiger partial charge in [0.25, 0.3) is 0 Å². The summed E-state index contributed by atoms with van der Waals surface area (Å²) in [6, 6.07) is 0. The molecule has 1 atom stereocenters. The number of carbonyl (C=O) groups is 1. The molecule has 0 spiro atoms. The fourth-order valence-electron chi connectivity index (χ4n) is 1.62. The molecule has 0 heterocycles. The molecule has 0 N–H and O–H groups in total. The summed E-state index contributed by atoms with van der Waals surface area (Å²) in [5, 5.41) is 0. The van der Waals surface area contributed by atoms with Gasteiger partial charge >= 0.3 is 0 Å². The zero-order valence-electron chi connectivity index (χ0n) is 7.97. The van der Waals surface area contributed by atoms with Gasteiger partial charge in [-0.1, -0.05) is 13.8 Å². The maximum atomic E-state index is 11.0. The van der Waals surface area contributed by atoms with E-state index in [0.29, 0.717) is 6.42 Å². The van der Waals surface area contributed by atoms with E-state index >= 15 is 0 Å². The second kappa shape index (κ2) is 4.39. The van der Waals surface area contributed by atoms with Gasteiger partial charge in [-0.05, 0) is 31.6 Å². The Kier molecular flexibility index (Phi) is 3.45. The van der Waals surface area contributed by atoms with E-state index in [-0.39, 0.29) is 5.91 Å². The minimum Gasteiger partial charge on any atom is -0.273 e. The Labute approximate surface area is 74.1 Å². The summed E-state index contributed by atoms with van der Waals surface area (Å²) < 4.78 is 0. The molecule has 1 saturated carbocycles. The second-order valence-electron chi connectivity index (χ2n) is 3.63. The van der Waals surface area contributed by atoms with E-state index in [4.69, 9.17) is 0 Å². The molecule has 0 saturated heterocycles. The molecule has 2 nitrogen and oxygen atoms in total. The number of amides is 1. The molecule has 0 aliphatic heterocycles. The van der Waals surface area contributed by atoms with Gasteiger partial charge in [-0.3, -0.25) is 4.79 Å². The fourth-order valence-corrected chi connectivity index (χ4v) is 1.62. The molecule has 0 aromatic rings. The van der Waals surface area contributed by atoms with Crippen LogP contribution in [0.5, 0.6) is 0 Å². The Morgan fingerprint density at radius 3 is 3.00 bits per heavy atom. The third-order valence-electron chi connectivity index (χ3n) is 2.33. The standard InChI is InChI=1S/C10H17NO/c1-3-10(12)11-9-6-4-5-8(2)7-9/h8H,3-7H2,1-2H3. The lowest BCUT2D eigenvalue weighted by Gasteiger charge is -2.18. The predicted molar refractivity (Wildman–Crippen MR) is 50.4 cm³/mol. The van der Waals surface area contributed by atoms with Crippen molar-refractivity contribution in [3.63, 3.8) is 0 Å². The van der Waals surface area contributed by atoms with E-state index in [9.17, 15) is 4.79 Å². The average Bonchev–Trinajstić information content (AvgIpc) is 2.04. The molecule has 12 heavy (non-hydrogen) atoms. The lowest BCUT2D eigenvalue weighted by Crippen LogP contribution is -2.14. The summed E-state index contributed by atoms with van der Waals surface area (Å²) in [7, 11) is 0. The smallest absolute Gasteiger partial charge is 0.245 e. The molecule has 1 aliphatic rings. The third-order valence-corrected chi connectivity index (χ3v) is 2.33. The summed E-state index contributed by atoms with van der Waals surface area (Å²) in [4.78, 5) is 15.1. The Bertz CT molecular complexity index is 196. The van der Waals surface area contributed by atoms with Crippen LogP contribution in [0.4, 0.5) is 0 Å². The number of carbonyl (C=O) groups excluding carboxylic acids is 1. The topological polar surface area (TPSA) is 29.4 Å². The summed E-state index contributed by atoms with van der Waals surface area (Å²) in [6.07, 6.45) is 5.11. The lowest BCUT2D eigenvalue weighted by molar-refractivity contribution is -0.117. The van der Waals surface area contributed by atoms with Crippen molar-refractivity contribution in [2.45, 2.75) is 46.0 Å². The van der Waals surface area contributed by atoms with E-state index in [1.807, 2.05) is 6.92 Å². The molecule has 1 unspecified atom stereocenters. The number of hydrogen-bond acceptors (Lipinski definition) is 1. The number of nitrogens with zero attached hydrogens (tertiary/aromatic N) is 1. The summed E-state index contributed by atoms with van der Waals surface area (Å²) in [5.74, 6) is 0.765. The van der Waals surface area contributed by atoms with Crippen molar-refractivity contribution in [3.8, 4) is 0 Å². The van der Waals surface area contributed by atoms with Gasteiger partial charge in [0.05, 0.1) is 0 Å². The van der Waals surface area contributed by atoms with E-state index in [1.165, 1.54) is 12.8 Å². The summed E-state index contributed by atoms with van der Waals surface area (Å²) in [5.41, 5.74) is 1.13. The highest BCUT2D eigenvalue weighted by molar-refractivity contribution is 5.96. The van der Waals surface area contributed by atoms with Crippen molar-refractivity contribution in [1.29, 1.82) is 0 Å². The van der Waals surface area contributed by atoms with Gasteiger partial charge in [0.2, 0.25) is 5.91 Å². The Balaban J connectivity index is 2.50. The molecule has 68 valence electrons. The third kappa shape index (κ3) is 2.76. The largest absolute Gasteiger partial charge is 0.273 e. The first-order chi connectivity index (χ1) is 5.72. The first kappa shape index (κ1) is 9.43. The molecular formula is C10H17NO. The predicted octanol–water partition coefficient (Wildman–Crippen LogP) is 2.57. The van der Waals surface area contributed by atoms with Crippen molar-refractivity contribution in [2.24, 2.45) is 10.9 Å². The van der Waals surface area contributed by atoms with Crippen LogP contribution in [0, 0.1) is 5.92 Å². The number of aliphatic imine (C=N–C) groups is 1. The van der Waals surface area contributed by atoms with Crippen LogP contribution in [-0.2, 0) is 4.79 Å².